The Morgan fingerprint density at radius 1 is 1.26 bits per heavy atom. The fraction of sp³-hybridized carbons (Fsp3) is 0.471. The fourth-order valence-corrected chi connectivity index (χ4v) is 2.97. The number of nitrogens with one attached hydrogen (secondary N) is 1. The van der Waals surface area contributed by atoms with E-state index in [9.17, 15) is 4.39 Å². The number of halogens is 1. The third-order valence-corrected chi connectivity index (χ3v) is 4.33. The number of hydrogen-bond donors (Lipinski definition) is 1. The van der Waals surface area contributed by atoms with Gasteiger partial charge in [-0.2, -0.15) is 0 Å². The quantitative estimate of drug-likeness (QED) is 0.940. The zero-order chi connectivity index (χ0) is 16.4. The van der Waals surface area contributed by atoms with Crippen LogP contribution in [0.3, 0.4) is 0 Å². The van der Waals surface area contributed by atoms with Crippen LogP contribution in [0.4, 0.5) is 10.2 Å². The first kappa shape index (κ1) is 15.8. The molecule has 5 nitrogen and oxygen atoms in total. The van der Waals surface area contributed by atoms with Crippen molar-refractivity contribution < 1.29 is 4.39 Å². The molecule has 1 aliphatic heterocycles. The molecule has 6 heteroatoms. The molecule has 1 aromatic carbocycles. The first-order valence-electron chi connectivity index (χ1n) is 7.94. The normalized spacial score (nSPS) is 19.7. The van der Waals surface area contributed by atoms with Crippen molar-refractivity contribution in [3.8, 4) is 0 Å². The third-order valence-electron chi connectivity index (χ3n) is 4.33. The van der Waals surface area contributed by atoms with Crippen LogP contribution in [0.15, 0.2) is 24.3 Å². The van der Waals surface area contributed by atoms with Crippen LogP contribution in [-0.4, -0.2) is 46.3 Å². The van der Waals surface area contributed by atoms with Crippen LogP contribution in [-0.2, 0) is 0 Å². The molecule has 1 aromatic heterocycles. The highest BCUT2D eigenvalue weighted by atomic mass is 19.1. The Bertz CT molecular complexity index is 673. The molecular formula is C17H22FN5. The smallest absolute Gasteiger partial charge is 0.152 e. The summed E-state index contributed by atoms with van der Waals surface area (Å²) in [6.07, 6.45) is 1.09. The van der Waals surface area contributed by atoms with Crippen LogP contribution >= 0.6 is 0 Å². The lowest BCUT2D eigenvalue weighted by molar-refractivity contribution is 0.414. The Morgan fingerprint density at radius 2 is 2.00 bits per heavy atom. The Balaban J connectivity index is 1.87. The van der Waals surface area contributed by atoms with Gasteiger partial charge in [-0.3, -0.25) is 0 Å². The molecule has 0 bridgehead atoms. The first-order chi connectivity index (χ1) is 11.0. The molecule has 3 rings (SSSR count). The highest BCUT2D eigenvalue weighted by molar-refractivity contribution is 5.46. The number of rotatable bonds is 4. The van der Waals surface area contributed by atoms with E-state index in [0.717, 1.165) is 36.6 Å². The first-order valence-corrected chi connectivity index (χ1v) is 7.94. The summed E-state index contributed by atoms with van der Waals surface area (Å²) in [6.45, 7) is 5.96. The van der Waals surface area contributed by atoms with Gasteiger partial charge in [0, 0.05) is 18.5 Å². The Kier molecular flexibility index (Phi) is 4.52. The maximum absolute atomic E-state index is 13.1. The standard InChI is InChI=1S/C17H22FN5/c1-11(13-4-6-14(18)7-5-13)16-17(19-12(2)21-22-16)20-15-8-9-23(3)10-15/h4-7,11,15H,8-10H2,1-3H3,(H,19,20,21)/t11-,15-/m1/s1. The van der Waals surface area contributed by atoms with Gasteiger partial charge in [0.2, 0.25) is 0 Å². The molecule has 2 aromatic rings. The van der Waals surface area contributed by atoms with Crippen molar-refractivity contribution >= 4 is 5.82 Å². The van der Waals surface area contributed by atoms with Crippen LogP contribution < -0.4 is 5.32 Å². The molecule has 0 unspecified atom stereocenters. The van der Waals surface area contributed by atoms with Gasteiger partial charge in [0.05, 0.1) is 0 Å². The molecule has 122 valence electrons. The van der Waals surface area contributed by atoms with E-state index in [1.165, 1.54) is 12.1 Å². The number of likely N-dealkylation sites (tertiary alicyclic amines) is 1. The second-order valence-corrected chi connectivity index (χ2v) is 6.26. The van der Waals surface area contributed by atoms with Gasteiger partial charge in [0.15, 0.2) is 5.82 Å². The number of anilines is 1. The number of aryl methyl sites for hydroxylation is 1. The summed E-state index contributed by atoms with van der Waals surface area (Å²) < 4.78 is 13.1. The Morgan fingerprint density at radius 3 is 2.65 bits per heavy atom. The summed E-state index contributed by atoms with van der Waals surface area (Å²) in [7, 11) is 2.12. The van der Waals surface area contributed by atoms with Gasteiger partial charge in [-0.15, -0.1) is 10.2 Å². The van der Waals surface area contributed by atoms with Crippen LogP contribution in [0.5, 0.6) is 0 Å². The van der Waals surface area contributed by atoms with Gasteiger partial charge in [-0.25, -0.2) is 9.37 Å². The number of nitrogens with zero attached hydrogens (tertiary/aromatic N) is 4. The number of hydrogen-bond acceptors (Lipinski definition) is 5. The largest absolute Gasteiger partial charge is 0.364 e. The highest BCUT2D eigenvalue weighted by Crippen LogP contribution is 2.28. The average molecular weight is 315 g/mol. The molecule has 2 atom stereocenters. The highest BCUT2D eigenvalue weighted by Gasteiger charge is 2.23. The predicted molar refractivity (Wildman–Crippen MR) is 88.0 cm³/mol. The van der Waals surface area contributed by atoms with E-state index in [-0.39, 0.29) is 11.7 Å². The molecule has 0 aliphatic carbocycles. The van der Waals surface area contributed by atoms with Crippen molar-refractivity contribution in [1.82, 2.24) is 20.1 Å². The topological polar surface area (TPSA) is 53.9 Å². The van der Waals surface area contributed by atoms with Crippen LogP contribution in [0.2, 0.25) is 0 Å². The minimum absolute atomic E-state index is 0.00201. The fourth-order valence-electron chi connectivity index (χ4n) is 2.97. The molecule has 23 heavy (non-hydrogen) atoms. The molecule has 0 radical (unpaired) electrons. The van der Waals surface area contributed by atoms with Gasteiger partial charge in [0.1, 0.15) is 17.3 Å². The summed E-state index contributed by atoms with van der Waals surface area (Å²) in [5.41, 5.74) is 1.80. The van der Waals surface area contributed by atoms with Crippen molar-refractivity contribution in [2.45, 2.75) is 32.2 Å². The second kappa shape index (κ2) is 6.58. The van der Waals surface area contributed by atoms with Crippen molar-refractivity contribution in [2.24, 2.45) is 0 Å². The van der Waals surface area contributed by atoms with Crippen molar-refractivity contribution in [3.63, 3.8) is 0 Å². The molecule has 2 heterocycles. The summed E-state index contributed by atoms with van der Waals surface area (Å²) in [6, 6.07) is 6.89. The van der Waals surface area contributed by atoms with Crippen molar-refractivity contribution in [1.29, 1.82) is 0 Å². The van der Waals surface area contributed by atoms with Crippen molar-refractivity contribution in [2.75, 3.05) is 25.5 Å². The lowest BCUT2D eigenvalue weighted by atomic mass is 9.97. The molecule has 1 aliphatic rings. The molecule has 1 N–H and O–H groups in total. The van der Waals surface area contributed by atoms with Gasteiger partial charge in [-0.05, 0) is 44.6 Å². The summed E-state index contributed by atoms with van der Waals surface area (Å²) in [5, 5.41) is 12.0. The lowest BCUT2D eigenvalue weighted by Gasteiger charge is -2.19. The predicted octanol–water partition coefficient (Wildman–Crippen LogP) is 2.59. The summed E-state index contributed by atoms with van der Waals surface area (Å²) in [4.78, 5) is 6.84. The molecular weight excluding hydrogens is 293 g/mol. The molecule has 0 saturated carbocycles. The minimum atomic E-state index is -0.235. The van der Waals surface area contributed by atoms with E-state index in [4.69, 9.17) is 0 Å². The van der Waals surface area contributed by atoms with Crippen LogP contribution in [0.1, 0.15) is 36.3 Å². The van der Waals surface area contributed by atoms with Gasteiger partial charge in [0.25, 0.3) is 0 Å². The number of likely N-dealkylation sites (N-methyl/N-ethyl adjacent to an activating group) is 1. The molecule has 0 amide bonds. The summed E-state index contributed by atoms with van der Waals surface area (Å²) in [5.74, 6) is 1.20. The van der Waals surface area contributed by atoms with E-state index in [2.05, 4.69) is 32.4 Å². The third kappa shape index (κ3) is 3.64. The van der Waals surface area contributed by atoms with E-state index < -0.39 is 0 Å². The second-order valence-electron chi connectivity index (χ2n) is 6.26. The lowest BCUT2D eigenvalue weighted by Crippen LogP contribution is -2.25. The maximum atomic E-state index is 13.1. The van der Waals surface area contributed by atoms with E-state index in [1.807, 2.05) is 13.8 Å². The molecule has 1 fully saturated rings. The average Bonchev–Trinajstić information content (AvgIpc) is 2.93. The maximum Gasteiger partial charge on any atom is 0.152 e. The monoisotopic (exact) mass is 315 g/mol. The Hall–Kier alpha value is -2.08. The zero-order valence-corrected chi connectivity index (χ0v) is 13.8. The minimum Gasteiger partial charge on any atom is -0.364 e. The van der Waals surface area contributed by atoms with Crippen molar-refractivity contribution in [3.05, 3.63) is 47.2 Å². The van der Waals surface area contributed by atoms with Gasteiger partial charge in [-0.1, -0.05) is 19.1 Å². The van der Waals surface area contributed by atoms with Gasteiger partial charge >= 0.3 is 0 Å². The Labute approximate surface area is 136 Å². The summed E-state index contributed by atoms with van der Waals surface area (Å²) >= 11 is 0. The zero-order valence-electron chi connectivity index (χ0n) is 13.8. The van der Waals surface area contributed by atoms with Gasteiger partial charge < -0.3 is 10.2 Å². The van der Waals surface area contributed by atoms with Crippen LogP contribution in [0, 0.1) is 12.7 Å². The van der Waals surface area contributed by atoms with E-state index in [1.54, 1.807) is 12.1 Å². The van der Waals surface area contributed by atoms with E-state index in [0.29, 0.717) is 11.9 Å². The molecule has 1 saturated heterocycles. The SMILES string of the molecule is Cc1nnc([C@H](C)c2ccc(F)cc2)c(N[C@@H]2CCN(C)C2)n1. The number of aromatic nitrogens is 3. The molecule has 0 spiro atoms. The van der Waals surface area contributed by atoms with Crippen LogP contribution in [0.25, 0.3) is 0 Å². The van der Waals surface area contributed by atoms with E-state index >= 15 is 0 Å². The number of benzene rings is 1.